The number of rotatable bonds is 4. The number of aliphatic hydroxyl groups excluding tert-OH is 1. The summed E-state index contributed by atoms with van der Waals surface area (Å²) in [6.45, 7) is 0.425. The van der Waals surface area contributed by atoms with Gasteiger partial charge in [-0.1, -0.05) is 0 Å². The highest BCUT2D eigenvalue weighted by molar-refractivity contribution is 7.08. The summed E-state index contributed by atoms with van der Waals surface area (Å²) in [5.74, 6) is 0. The van der Waals surface area contributed by atoms with Crippen LogP contribution in [-0.4, -0.2) is 18.3 Å². The Hall–Kier alpha value is -0.800. The maximum absolute atomic E-state index is 8.37. The first-order valence-electron chi connectivity index (χ1n) is 3.34. The van der Waals surface area contributed by atoms with Gasteiger partial charge in [0.2, 0.25) is 0 Å². The van der Waals surface area contributed by atoms with Gasteiger partial charge >= 0.3 is 0 Å². The summed E-state index contributed by atoms with van der Waals surface area (Å²) in [7, 11) is 0. The Balaban J connectivity index is 2.25. The van der Waals surface area contributed by atoms with E-state index >= 15 is 0 Å². The summed E-state index contributed by atoms with van der Waals surface area (Å²) in [6, 6.07) is 2.00. The van der Waals surface area contributed by atoms with E-state index in [1.165, 1.54) is 0 Å². The van der Waals surface area contributed by atoms with Crippen molar-refractivity contribution in [3.63, 3.8) is 0 Å². The average molecular weight is 170 g/mol. The van der Waals surface area contributed by atoms with Gasteiger partial charge in [-0.2, -0.15) is 11.3 Å². The van der Waals surface area contributed by atoms with Gasteiger partial charge in [0, 0.05) is 0 Å². The molecule has 1 aromatic heterocycles. The molecule has 0 aliphatic rings. The minimum atomic E-state index is 0.0635. The van der Waals surface area contributed by atoms with Crippen LogP contribution in [0.15, 0.2) is 23.1 Å². The summed E-state index contributed by atoms with van der Waals surface area (Å²) < 4.78 is 4.93. The van der Waals surface area contributed by atoms with Gasteiger partial charge in [-0.15, -0.1) is 0 Å². The van der Waals surface area contributed by atoms with Crippen LogP contribution in [0.3, 0.4) is 0 Å². The van der Waals surface area contributed by atoms with Crippen molar-refractivity contribution in [2.24, 2.45) is 0 Å². The van der Waals surface area contributed by atoms with Gasteiger partial charge in [0.05, 0.1) is 12.9 Å². The van der Waals surface area contributed by atoms with Crippen LogP contribution in [0, 0.1) is 0 Å². The average Bonchev–Trinajstić information content (AvgIpc) is 2.50. The molecule has 0 saturated carbocycles. The van der Waals surface area contributed by atoms with Crippen LogP contribution in [0.25, 0.3) is 6.08 Å². The van der Waals surface area contributed by atoms with Crippen LogP contribution in [-0.2, 0) is 4.74 Å². The predicted octanol–water partition coefficient (Wildman–Crippen LogP) is 1.73. The molecular formula is C8H10O2S. The molecule has 0 unspecified atom stereocenters. The van der Waals surface area contributed by atoms with E-state index in [1.807, 2.05) is 22.9 Å². The van der Waals surface area contributed by atoms with Crippen molar-refractivity contribution in [1.29, 1.82) is 0 Å². The molecule has 1 aromatic rings. The van der Waals surface area contributed by atoms with Crippen molar-refractivity contribution in [3.05, 3.63) is 28.7 Å². The number of ether oxygens (including phenoxy) is 1. The molecule has 3 heteroatoms. The molecule has 0 amide bonds. The van der Waals surface area contributed by atoms with Gasteiger partial charge in [0.25, 0.3) is 0 Å². The van der Waals surface area contributed by atoms with E-state index in [1.54, 1.807) is 17.6 Å². The van der Waals surface area contributed by atoms with Gasteiger partial charge in [0.1, 0.15) is 6.61 Å². The normalized spacial score (nSPS) is 10.6. The maximum Gasteiger partial charge on any atom is 0.110 e. The monoisotopic (exact) mass is 170 g/mol. The third kappa shape index (κ3) is 3.20. The van der Waals surface area contributed by atoms with Crippen LogP contribution in [0.2, 0.25) is 0 Å². The van der Waals surface area contributed by atoms with E-state index in [2.05, 4.69) is 0 Å². The van der Waals surface area contributed by atoms with E-state index in [-0.39, 0.29) is 6.61 Å². The Labute approximate surface area is 69.7 Å². The van der Waals surface area contributed by atoms with E-state index in [0.29, 0.717) is 6.61 Å². The van der Waals surface area contributed by atoms with Crippen LogP contribution in [0.1, 0.15) is 5.56 Å². The molecule has 0 atom stereocenters. The SMILES string of the molecule is OCCO/C=C/c1ccsc1. The Bertz CT molecular complexity index is 204. The third-order valence-corrected chi connectivity index (χ3v) is 1.81. The fraction of sp³-hybridized carbons (Fsp3) is 0.250. The zero-order valence-corrected chi connectivity index (χ0v) is 6.88. The van der Waals surface area contributed by atoms with Crippen LogP contribution >= 0.6 is 11.3 Å². The van der Waals surface area contributed by atoms with Gasteiger partial charge in [-0.05, 0) is 28.5 Å². The van der Waals surface area contributed by atoms with E-state index in [9.17, 15) is 0 Å². The van der Waals surface area contributed by atoms with Crippen LogP contribution in [0.4, 0.5) is 0 Å². The first-order chi connectivity index (χ1) is 5.43. The quantitative estimate of drug-likeness (QED) is 0.551. The lowest BCUT2D eigenvalue weighted by molar-refractivity contribution is 0.167. The highest BCUT2D eigenvalue weighted by atomic mass is 32.1. The summed E-state index contributed by atoms with van der Waals surface area (Å²) >= 11 is 1.65. The molecule has 1 N–H and O–H groups in total. The number of hydrogen-bond acceptors (Lipinski definition) is 3. The first-order valence-corrected chi connectivity index (χ1v) is 4.29. The lowest BCUT2D eigenvalue weighted by Crippen LogP contribution is -1.91. The van der Waals surface area contributed by atoms with Crippen LogP contribution in [0.5, 0.6) is 0 Å². The first kappa shape index (κ1) is 8.30. The van der Waals surface area contributed by atoms with Gasteiger partial charge in [0.15, 0.2) is 0 Å². The summed E-state index contributed by atoms with van der Waals surface area (Å²) in [5.41, 5.74) is 1.13. The van der Waals surface area contributed by atoms with Gasteiger partial charge in [-0.25, -0.2) is 0 Å². The molecule has 0 bridgehead atoms. The lowest BCUT2D eigenvalue weighted by atomic mass is 10.3. The molecule has 0 spiro atoms. The summed E-state index contributed by atoms with van der Waals surface area (Å²) in [4.78, 5) is 0. The zero-order valence-electron chi connectivity index (χ0n) is 6.06. The Morgan fingerprint density at radius 1 is 1.64 bits per heavy atom. The molecule has 60 valence electrons. The molecule has 2 nitrogen and oxygen atoms in total. The van der Waals surface area contributed by atoms with Crippen molar-refractivity contribution in [1.82, 2.24) is 0 Å². The second-order valence-corrected chi connectivity index (χ2v) is 2.73. The molecule has 0 aliphatic heterocycles. The molecule has 0 radical (unpaired) electrons. The fourth-order valence-corrected chi connectivity index (χ4v) is 1.25. The second kappa shape index (κ2) is 4.93. The van der Waals surface area contributed by atoms with Crippen molar-refractivity contribution >= 4 is 17.4 Å². The second-order valence-electron chi connectivity index (χ2n) is 1.95. The Kier molecular flexibility index (Phi) is 3.72. The molecule has 0 saturated heterocycles. The minimum Gasteiger partial charge on any atom is -0.499 e. The van der Waals surface area contributed by atoms with Crippen molar-refractivity contribution in [3.8, 4) is 0 Å². The number of aliphatic hydroxyl groups is 1. The molecule has 1 rings (SSSR count). The van der Waals surface area contributed by atoms with Gasteiger partial charge < -0.3 is 9.84 Å². The largest absolute Gasteiger partial charge is 0.499 e. The standard InChI is InChI=1S/C8H10O2S/c9-3-5-10-4-1-8-2-6-11-7-8/h1-2,4,6-7,9H,3,5H2/b4-1+. The fourth-order valence-electron chi connectivity index (χ4n) is 0.617. The maximum atomic E-state index is 8.37. The predicted molar refractivity (Wildman–Crippen MR) is 46.4 cm³/mol. The highest BCUT2D eigenvalue weighted by Gasteiger charge is 1.83. The summed E-state index contributed by atoms with van der Waals surface area (Å²) in [5, 5.41) is 12.4. The molecule has 1 heterocycles. The topological polar surface area (TPSA) is 29.5 Å². The van der Waals surface area contributed by atoms with Crippen molar-refractivity contribution in [2.75, 3.05) is 13.2 Å². The van der Waals surface area contributed by atoms with Crippen molar-refractivity contribution in [2.45, 2.75) is 0 Å². The third-order valence-electron chi connectivity index (χ3n) is 1.11. The lowest BCUT2D eigenvalue weighted by Gasteiger charge is -1.93. The van der Waals surface area contributed by atoms with Crippen molar-refractivity contribution < 1.29 is 9.84 Å². The Morgan fingerprint density at radius 2 is 2.55 bits per heavy atom. The van der Waals surface area contributed by atoms with E-state index < -0.39 is 0 Å². The summed E-state index contributed by atoms with van der Waals surface area (Å²) in [6.07, 6.45) is 3.46. The smallest absolute Gasteiger partial charge is 0.110 e. The number of thiophene rings is 1. The molecule has 0 aliphatic carbocycles. The zero-order chi connectivity index (χ0) is 7.94. The van der Waals surface area contributed by atoms with E-state index in [4.69, 9.17) is 9.84 Å². The molecule has 0 fully saturated rings. The Morgan fingerprint density at radius 3 is 3.18 bits per heavy atom. The van der Waals surface area contributed by atoms with Crippen LogP contribution < -0.4 is 0 Å². The minimum absolute atomic E-state index is 0.0635. The van der Waals surface area contributed by atoms with E-state index in [0.717, 1.165) is 5.56 Å². The number of hydrogen-bond donors (Lipinski definition) is 1. The highest BCUT2D eigenvalue weighted by Crippen LogP contribution is 2.07. The molecular weight excluding hydrogens is 160 g/mol. The van der Waals surface area contributed by atoms with Gasteiger partial charge in [-0.3, -0.25) is 0 Å². The molecule has 11 heavy (non-hydrogen) atoms. The molecule has 0 aromatic carbocycles.